The van der Waals surface area contributed by atoms with Gasteiger partial charge in [0.15, 0.2) is 0 Å². The van der Waals surface area contributed by atoms with Gasteiger partial charge in [-0.1, -0.05) is 0 Å². The van der Waals surface area contributed by atoms with Gasteiger partial charge >= 0.3 is 5.97 Å². The van der Waals surface area contributed by atoms with E-state index in [1.54, 1.807) is 0 Å². The average Bonchev–Trinajstić information content (AvgIpc) is 2.58. The highest BCUT2D eigenvalue weighted by Gasteiger charge is 2.53. The molecule has 5 nitrogen and oxygen atoms in total. The van der Waals surface area contributed by atoms with Crippen molar-refractivity contribution >= 4 is 5.97 Å². The van der Waals surface area contributed by atoms with Crippen molar-refractivity contribution in [2.45, 2.75) is 70.4 Å². The monoisotopic (exact) mass is 351 g/mol. The molecule has 4 bridgehead atoms. The summed E-state index contributed by atoms with van der Waals surface area (Å²) < 4.78 is 5.32. The lowest BCUT2D eigenvalue weighted by Gasteiger charge is -2.59. The number of rotatable bonds is 6. The molecule has 5 rings (SSSR count). The molecule has 0 radical (unpaired) electrons. The molecular weight excluding hydrogens is 318 g/mol. The van der Waals surface area contributed by atoms with Crippen LogP contribution in [0.25, 0.3) is 0 Å². The third-order valence-electron chi connectivity index (χ3n) is 8.07. The second-order valence-corrected chi connectivity index (χ2v) is 9.50. The van der Waals surface area contributed by atoms with Gasteiger partial charge in [0.05, 0.1) is 11.5 Å². The number of aliphatic carboxylic acids is 1. The van der Waals surface area contributed by atoms with E-state index in [-0.39, 0.29) is 0 Å². The van der Waals surface area contributed by atoms with Gasteiger partial charge < -0.3 is 20.3 Å². The number of nitrogens with one attached hydrogen (secondary N) is 1. The van der Waals surface area contributed by atoms with Crippen LogP contribution in [0, 0.1) is 28.6 Å². The van der Waals surface area contributed by atoms with Crippen LogP contribution >= 0.6 is 0 Å². The maximum Gasteiger partial charge on any atom is 0.312 e. The Hall–Kier alpha value is -0.650. The third-order valence-corrected chi connectivity index (χ3v) is 8.07. The first-order chi connectivity index (χ1) is 11.9. The second kappa shape index (κ2) is 6.50. The average molecular weight is 351 g/mol. The molecular formula is C20H33NO4. The molecule has 4 saturated carbocycles. The highest BCUT2D eigenvalue weighted by molar-refractivity contribution is 5.75. The first-order valence-electron chi connectivity index (χ1n) is 10.2. The maximum absolute atomic E-state index is 11.8. The van der Waals surface area contributed by atoms with Crippen molar-refractivity contribution < 1.29 is 19.7 Å². The van der Waals surface area contributed by atoms with Crippen LogP contribution in [-0.4, -0.2) is 48.1 Å². The van der Waals surface area contributed by atoms with E-state index in [2.05, 4.69) is 12.2 Å². The topological polar surface area (TPSA) is 78.8 Å². The quantitative estimate of drug-likeness (QED) is 0.685. The molecule has 0 aromatic heterocycles. The van der Waals surface area contributed by atoms with Crippen LogP contribution < -0.4 is 5.32 Å². The van der Waals surface area contributed by atoms with E-state index in [9.17, 15) is 15.0 Å². The highest BCUT2D eigenvalue weighted by atomic mass is 16.5. The zero-order chi connectivity index (χ0) is 17.7. The molecule has 1 saturated heterocycles. The lowest BCUT2D eigenvalue weighted by molar-refractivity contribution is -0.165. The molecule has 1 heterocycles. The molecule has 0 amide bonds. The molecule has 0 spiro atoms. The van der Waals surface area contributed by atoms with Crippen molar-refractivity contribution in [3.8, 4) is 0 Å². The van der Waals surface area contributed by atoms with Gasteiger partial charge in [-0.3, -0.25) is 4.79 Å². The SMILES string of the molecule is CC(NCC(O)C1(C(=O)O)CCOCC1)C12CC3CC(CC(C3)C1)C2. The summed E-state index contributed by atoms with van der Waals surface area (Å²) in [4.78, 5) is 11.8. The Kier molecular flexibility index (Phi) is 4.62. The van der Waals surface area contributed by atoms with Crippen molar-refractivity contribution in [3.63, 3.8) is 0 Å². The van der Waals surface area contributed by atoms with E-state index in [0.29, 0.717) is 44.1 Å². The molecule has 5 fully saturated rings. The predicted molar refractivity (Wildman–Crippen MR) is 94.2 cm³/mol. The van der Waals surface area contributed by atoms with Gasteiger partial charge in [0, 0.05) is 25.8 Å². The molecule has 2 atom stereocenters. The van der Waals surface area contributed by atoms with E-state index in [0.717, 1.165) is 17.8 Å². The van der Waals surface area contributed by atoms with Crippen LogP contribution in [0.4, 0.5) is 0 Å². The predicted octanol–water partition coefficient (Wildman–Crippen LogP) is 2.42. The molecule has 142 valence electrons. The summed E-state index contributed by atoms with van der Waals surface area (Å²) >= 11 is 0. The summed E-state index contributed by atoms with van der Waals surface area (Å²) in [6.45, 7) is 3.48. The van der Waals surface area contributed by atoms with Crippen molar-refractivity contribution in [3.05, 3.63) is 0 Å². The number of ether oxygens (including phenoxy) is 1. The van der Waals surface area contributed by atoms with E-state index >= 15 is 0 Å². The van der Waals surface area contributed by atoms with E-state index in [4.69, 9.17) is 4.74 Å². The Morgan fingerprint density at radius 1 is 1.12 bits per heavy atom. The highest BCUT2D eigenvalue weighted by Crippen LogP contribution is 2.61. The number of carbonyl (C=O) groups is 1. The Morgan fingerprint density at radius 3 is 2.12 bits per heavy atom. The zero-order valence-electron chi connectivity index (χ0n) is 15.4. The summed E-state index contributed by atoms with van der Waals surface area (Å²) in [6.07, 6.45) is 8.19. The molecule has 0 aromatic rings. The fraction of sp³-hybridized carbons (Fsp3) is 0.950. The van der Waals surface area contributed by atoms with Crippen LogP contribution in [0.3, 0.4) is 0 Å². The van der Waals surface area contributed by atoms with Crippen molar-refractivity contribution in [1.29, 1.82) is 0 Å². The molecule has 2 unspecified atom stereocenters. The Labute approximate surface area is 150 Å². The molecule has 3 N–H and O–H groups in total. The second-order valence-electron chi connectivity index (χ2n) is 9.50. The molecule has 4 aliphatic carbocycles. The first-order valence-corrected chi connectivity index (χ1v) is 10.2. The van der Waals surface area contributed by atoms with E-state index < -0.39 is 17.5 Å². The fourth-order valence-electron chi connectivity index (χ4n) is 6.83. The molecule has 5 heteroatoms. The van der Waals surface area contributed by atoms with Crippen LogP contribution in [0.5, 0.6) is 0 Å². The number of carboxylic acid groups (broad SMARTS) is 1. The lowest BCUT2D eigenvalue weighted by Crippen LogP contribution is -2.57. The van der Waals surface area contributed by atoms with Gasteiger partial charge in [-0.2, -0.15) is 0 Å². The normalized spacial score (nSPS) is 41.4. The van der Waals surface area contributed by atoms with Gasteiger partial charge in [-0.25, -0.2) is 0 Å². The van der Waals surface area contributed by atoms with Crippen LogP contribution in [-0.2, 0) is 9.53 Å². The summed E-state index contributed by atoms with van der Waals surface area (Å²) in [7, 11) is 0. The Bertz CT molecular complexity index is 479. The molecule has 0 aromatic carbocycles. The number of hydrogen-bond acceptors (Lipinski definition) is 4. The summed E-state index contributed by atoms with van der Waals surface area (Å²) in [5.41, 5.74) is -0.674. The first kappa shape index (κ1) is 17.7. The number of aliphatic hydroxyl groups excluding tert-OH is 1. The zero-order valence-corrected chi connectivity index (χ0v) is 15.4. The van der Waals surface area contributed by atoms with Crippen LogP contribution in [0.1, 0.15) is 58.3 Å². The molecule has 25 heavy (non-hydrogen) atoms. The van der Waals surface area contributed by atoms with Gasteiger partial charge in [0.1, 0.15) is 0 Å². The van der Waals surface area contributed by atoms with E-state index in [1.807, 2.05) is 0 Å². The van der Waals surface area contributed by atoms with E-state index in [1.165, 1.54) is 38.5 Å². The Balaban J connectivity index is 1.40. The van der Waals surface area contributed by atoms with Crippen molar-refractivity contribution in [1.82, 2.24) is 5.32 Å². The molecule has 5 aliphatic rings. The lowest BCUT2D eigenvalue weighted by atomic mass is 9.48. The van der Waals surface area contributed by atoms with Gasteiger partial charge in [-0.15, -0.1) is 0 Å². The summed E-state index contributed by atoms with van der Waals surface area (Å²) in [6, 6.07) is 0.348. The number of aliphatic hydroxyl groups is 1. The van der Waals surface area contributed by atoms with Crippen molar-refractivity contribution in [2.24, 2.45) is 28.6 Å². The summed E-state index contributed by atoms with van der Waals surface area (Å²) in [5, 5.41) is 24.0. The largest absolute Gasteiger partial charge is 0.481 e. The van der Waals surface area contributed by atoms with Gasteiger partial charge in [0.2, 0.25) is 0 Å². The fourth-order valence-corrected chi connectivity index (χ4v) is 6.83. The molecule has 1 aliphatic heterocycles. The van der Waals surface area contributed by atoms with Crippen LogP contribution in [0.2, 0.25) is 0 Å². The van der Waals surface area contributed by atoms with Crippen LogP contribution in [0.15, 0.2) is 0 Å². The van der Waals surface area contributed by atoms with Gasteiger partial charge in [-0.05, 0) is 81.5 Å². The standard InChI is InChI=1S/C20H33NO4/c1-13(19-9-14-6-15(10-19)8-16(7-14)11-19)21-12-17(22)20(18(23)24)2-4-25-5-3-20/h13-17,21-22H,2-12H2,1H3,(H,23,24). The number of carboxylic acids is 1. The minimum Gasteiger partial charge on any atom is -0.481 e. The van der Waals surface area contributed by atoms with Gasteiger partial charge in [0.25, 0.3) is 0 Å². The third kappa shape index (κ3) is 3.02. The van der Waals surface area contributed by atoms with Crippen molar-refractivity contribution in [2.75, 3.05) is 19.8 Å². The maximum atomic E-state index is 11.8. The smallest absolute Gasteiger partial charge is 0.312 e. The minimum atomic E-state index is -1.05. The minimum absolute atomic E-state index is 0.348. The Morgan fingerprint density at radius 2 is 1.64 bits per heavy atom. The summed E-state index contributed by atoms with van der Waals surface area (Å²) in [5.74, 6) is 1.83. The number of hydrogen-bond donors (Lipinski definition) is 3.